The highest BCUT2D eigenvalue weighted by Crippen LogP contribution is 2.51. The number of hydrogen-bond acceptors (Lipinski definition) is 5. The van der Waals surface area contributed by atoms with E-state index in [1.807, 2.05) is 25.1 Å². The van der Waals surface area contributed by atoms with Crippen molar-refractivity contribution in [1.29, 1.82) is 0 Å². The fourth-order valence-corrected chi connectivity index (χ4v) is 4.36. The van der Waals surface area contributed by atoms with E-state index in [9.17, 15) is 19.2 Å². The second-order valence-electron chi connectivity index (χ2n) is 6.77. The van der Waals surface area contributed by atoms with E-state index in [-0.39, 0.29) is 42.2 Å². The summed E-state index contributed by atoms with van der Waals surface area (Å²) in [6.45, 7) is 1.94. The van der Waals surface area contributed by atoms with Crippen LogP contribution in [0.25, 0.3) is 0 Å². The molecule has 5 heteroatoms. The number of carbonyl (C=O) groups excluding carboxylic acids is 4. The number of ether oxygens (including phenoxy) is 1. The van der Waals surface area contributed by atoms with E-state index in [1.165, 1.54) is 0 Å². The highest BCUT2D eigenvalue weighted by Gasteiger charge is 2.51. The molecule has 0 bridgehead atoms. The van der Waals surface area contributed by atoms with E-state index >= 15 is 0 Å². The van der Waals surface area contributed by atoms with Gasteiger partial charge in [-0.05, 0) is 30.4 Å². The van der Waals surface area contributed by atoms with Gasteiger partial charge in [-0.15, -0.1) is 0 Å². The maximum atomic E-state index is 12.3. The lowest BCUT2D eigenvalue weighted by Crippen LogP contribution is -2.31. The SMILES string of the molecule is Cc1ccc2c(c1)C1C(=O)CC(=O)C1CC2C1CC(=O)OC1=O. The van der Waals surface area contributed by atoms with Crippen LogP contribution in [-0.4, -0.2) is 23.5 Å². The van der Waals surface area contributed by atoms with Gasteiger partial charge in [0.1, 0.15) is 11.6 Å². The smallest absolute Gasteiger partial charge is 0.317 e. The van der Waals surface area contributed by atoms with Crippen molar-refractivity contribution >= 4 is 23.5 Å². The van der Waals surface area contributed by atoms with E-state index < -0.39 is 17.9 Å². The van der Waals surface area contributed by atoms with Crippen molar-refractivity contribution in [3.05, 3.63) is 34.9 Å². The summed E-state index contributed by atoms with van der Waals surface area (Å²) >= 11 is 0. The van der Waals surface area contributed by atoms with E-state index in [2.05, 4.69) is 0 Å². The summed E-state index contributed by atoms with van der Waals surface area (Å²) in [7, 11) is 0. The Morgan fingerprint density at radius 2 is 1.74 bits per heavy atom. The van der Waals surface area contributed by atoms with Gasteiger partial charge in [0.25, 0.3) is 0 Å². The molecule has 2 aliphatic carbocycles. The highest BCUT2D eigenvalue weighted by atomic mass is 16.6. The van der Waals surface area contributed by atoms with Gasteiger partial charge in [0.05, 0.1) is 24.7 Å². The third-order valence-corrected chi connectivity index (χ3v) is 5.39. The Hall–Kier alpha value is -2.30. The number of esters is 2. The van der Waals surface area contributed by atoms with Gasteiger partial charge < -0.3 is 4.74 Å². The Morgan fingerprint density at radius 3 is 2.43 bits per heavy atom. The second-order valence-corrected chi connectivity index (χ2v) is 6.77. The second kappa shape index (κ2) is 4.85. The Bertz CT molecular complexity index is 763. The van der Waals surface area contributed by atoms with Crippen LogP contribution in [0.3, 0.4) is 0 Å². The molecule has 4 atom stereocenters. The molecule has 0 radical (unpaired) electrons. The molecule has 1 saturated heterocycles. The number of fused-ring (bicyclic) bond motifs is 3. The summed E-state index contributed by atoms with van der Waals surface area (Å²) in [4.78, 5) is 47.9. The van der Waals surface area contributed by atoms with Crippen molar-refractivity contribution in [2.24, 2.45) is 11.8 Å². The number of carbonyl (C=O) groups is 4. The zero-order valence-electron chi connectivity index (χ0n) is 12.7. The van der Waals surface area contributed by atoms with E-state index in [1.54, 1.807) is 0 Å². The molecule has 0 N–H and O–H groups in total. The summed E-state index contributed by atoms with van der Waals surface area (Å²) in [5.41, 5.74) is 2.78. The lowest BCUT2D eigenvalue weighted by atomic mass is 9.67. The van der Waals surface area contributed by atoms with E-state index in [0.29, 0.717) is 6.42 Å². The van der Waals surface area contributed by atoms with Crippen molar-refractivity contribution in [3.8, 4) is 0 Å². The Morgan fingerprint density at radius 1 is 0.957 bits per heavy atom. The molecule has 1 aliphatic heterocycles. The number of hydrogen-bond donors (Lipinski definition) is 0. The first kappa shape index (κ1) is 14.3. The van der Waals surface area contributed by atoms with Gasteiger partial charge in [0, 0.05) is 5.92 Å². The van der Waals surface area contributed by atoms with Crippen LogP contribution in [0.5, 0.6) is 0 Å². The lowest BCUT2D eigenvalue weighted by Gasteiger charge is -2.34. The van der Waals surface area contributed by atoms with Gasteiger partial charge in [0.2, 0.25) is 0 Å². The van der Waals surface area contributed by atoms with Crippen molar-refractivity contribution < 1.29 is 23.9 Å². The Labute approximate surface area is 133 Å². The number of ketones is 2. The first-order valence-corrected chi connectivity index (χ1v) is 7.86. The molecule has 4 unspecified atom stereocenters. The number of benzene rings is 1. The fourth-order valence-electron chi connectivity index (χ4n) is 4.36. The van der Waals surface area contributed by atoms with Crippen LogP contribution in [0, 0.1) is 18.8 Å². The van der Waals surface area contributed by atoms with Crippen LogP contribution in [0.4, 0.5) is 0 Å². The molecule has 1 heterocycles. The van der Waals surface area contributed by atoms with Gasteiger partial charge in [0.15, 0.2) is 0 Å². The minimum atomic E-state index is -0.548. The first-order chi connectivity index (χ1) is 11.0. The third-order valence-electron chi connectivity index (χ3n) is 5.39. The van der Waals surface area contributed by atoms with Crippen LogP contribution in [-0.2, 0) is 23.9 Å². The molecule has 3 aliphatic rings. The summed E-state index contributed by atoms with van der Waals surface area (Å²) in [5, 5.41) is 0. The summed E-state index contributed by atoms with van der Waals surface area (Å²) in [5.74, 6) is -2.64. The van der Waals surface area contributed by atoms with Gasteiger partial charge in [-0.3, -0.25) is 19.2 Å². The summed E-state index contributed by atoms with van der Waals surface area (Å²) in [6, 6.07) is 5.81. The lowest BCUT2D eigenvalue weighted by molar-refractivity contribution is -0.153. The zero-order chi connectivity index (χ0) is 16.3. The molecule has 2 fully saturated rings. The van der Waals surface area contributed by atoms with E-state index in [0.717, 1.165) is 16.7 Å². The molecule has 0 spiro atoms. The highest BCUT2D eigenvalue weighted by molar-refractivity contribution is 6.11. The Kier molecular flexibility index (Phi) is 3.01. The average Bonchev–Trinajstić information content (AvgIpc) is 2.97. The zero-order valence-corrected chi connectivity index (χ0v) is 12.7. The van der Waals surface area contributed by atoms with Crippen LogP contribution >= 0.6 is 0 Å². The average molecular weight is 312 g/mol. The minimum Gasteiger partial charge on any atom is -0.393 e. The van der Waals surface area contributed by atoms with Gasteiger partial charge in [-0.1, -0.05) is 23.8 Å². The number of aryl methyl sites for hydroxylation is 1. The van der Waals surface area contributed by atoms with Crippen LogP contribution in [0.2, 0.25) is 0 Å². The normalized spacial score (nSPS) is 32.7. The van der Waals surface area contributed by atoms with Crippen LogP contribution in [0.15, 0.2) is 18.2 Å². The molecule has 0 amide bonds. The maximum absolute atomic E-state index is 12.3. The topological polar surface area (TPSA) is 77.5 Å². The molecule has 5 nitrogen and oxygen atoms in total. The molecule has 1 saturated carbocycles. The van der Waals surface area contributed by atoms with Crippen LogP contribution in [0.1, 0.15) is 47.8 Å². The predicted octanol–water partition coefficient (Wildman–Crippen LogP) is 1.81. The first-order valence-electron chi connectivity index (χ1n) is 7.86. The Balaban J connectivity index is 1.83. The van der Waals surface area contributed by atoms with Crippen molar-refractivity contribution in [1.82, 2.24) is 0 Å². The van der Waals surface area contributed by atoms with Crippen molar-refractivity contribution in [2.45, 2.75) is 38.0 Å². The molecule has 118 valence electrons. The molecule has 1 aromatic rings. The quantitative estimate of drug-likeness (QED) is 0.584. The van der Waals surface area contributed by atoms with Crippen LogP contribution < -0.4 is 0 Å². The van der Waals surface area contributed by atoms with Gasteiger partial charge in [-0.2, -0.15) is 0 Å². The predicted molar refractivity (Wildman–Crippen MR) is 78.6 cm³/mol. The molecule has 4 rings (SSSR count). The van der Waals surface area contributed by atoms with Gasteiger partial charge >= 0.3 is 11.9 Å². The number of cyclic esters (lactones) is 2. The summed E-state index contributed by atoms with van der Waals surface area (Å²) in [6.07, 6.45) is 0.470. The maximum Gasteiger partial charge on any atom is 0.317 e. The molecule has 1 aromatic carbocycles. The number of Topliss-reactive ketones (excluding diaryl/α,β-unsaturated/α-hetero) is 2. The summed E-state index contributed by atoms with van der Waals surface area (Å²) < 4.78 is 4.70. The molecule has 0 aromatic heterocycles. The van der Waals surface area contributed by atoms with Crippen molar-refractivity contribution in [2.75, 3.05) is 0 Å². The minimum absolute atomic E-state index is 0.0243. The van der Waals surface area contributed by atoms with Crippen molar-refractivity contribution in [3.63, 3.8) is 0 Å². The fraction of sp³-hybridized carbons (Fsp3) is 0.444. The number of rotatable bonds is 1. The molecular weight excluding hydrogens is 296 g/mol. The van der Waals surface area contributed by atoms with Gasteiger partial charge in [-0.25, -0.2) is 0 Å². The third kappa shape index (κ3) is 2.06. The van der Waals surface area contributed by atoms with E-state index in [4.69, 9.17) is 4.74 Å². The molecule has 23 heavy (non-hydrogen) atoms. The standard InChI is InChI=1S/C18H16O5/c1-8-2-3-9-10(12-6-16(21)23-18(12)22)5-13-14(19)7-15(20)17(13)11(9)4-8/h2-4,10,12-13,17H,5-7H2,1H3. The largest absolute Gasteiger partial charge is 0.393 e. The monoisotopic (exact) mass is 312 g/mol. The molecular formula is C18H16O5.